The highest BCUT2D eigenvalue weighted by molar-refractivity contribution is 6.08. The Morgan fingerprint density at radius 2 is 1.95 bits per heavy atom. The first-order valence-electron chi connectivity index (χ1n) is 7.95. The highest BCUT2D eigenvalue weighted by Crippen LogP contribution is 2.33. The number of rotatable bonds is 5. The van der Waals surface area contributed by atoms with Gasteiger partial charge in [0.2, 0.25) is 0 Å². The predicted molar refractivity (Wildman–Crippen MR) is 91.6 cm³/mol. The molecule has 3 nitrogen and oxygen atoms in total. The molecule has 3 atom stereocenters. The smallest absolute Gasteiger partial charge is 0.0342 e. The number of benzene rings is 1. The Morgan fingerprint density at radius 3 is 2.52 bits per heavy atom. The molecule has 1 saturated carbocycles. The number of nitrogens with two attached hydrogens (primary N) is 1. The van der Waals surface area contributed by atoms with Crippen LogP contribution in [0.4, 0.5) is 5.69 Å². The molecule has 0 saturated heterocycles. The molecule has 0 aliphatic heterocycles. The number of allylic oxidation sites excluding steroid dienone is 1. The zero-order valence-electron chi connectivity index (χ0n) is 13.1. The lowest BCUT2D eigenvalue weighted by molar-refractivity contribution is 0.234. The first-order valence-corrected chi connectivity index (χ1v) is 7.95. The Morgan fingerprint density at radius 1 is 1.29 bits per heavy atom. The Bertz CT molecular complexity index is 490. The van der Waals surface area contributed by atoms with Crippen LogP contribution in [-0.4, -0.2) is 12.3 Å². The Balaban J connectivity index is 2.01. The minimum absolute atomic E-state index is 0.499. The van der Waals surface area contributed by atoms with Crippen LogP contribution in [0.2, 0.25) is 0 Å². The highest BCUT2D eigenvalue weighted by Gasteiger charge is 2.26. The van der Waals surface area contributed by atoms with Crippen molar-refractivity contribution in [1.82, 2.24) is 0 Å². The van der Waals surface area contributed by atoms with Gasteiger partial charge in [0.1, 0.15) is 0 Å². The molecule has 0 heterocycles. The predicted octanol–water partition coefficient (Wildman–Crippen LogP) is 4.26. The van der Waals surface area contributed by atoms with Crippen molar-refractivity contribution in [3.05, 3.63) is 36.0 Å². The lowest BCUT2D eigenvalue weighted by Gasteiger charge is -2.34. The van der Waals surface area contributed by atoms with Gasteiger partial charge in [-0.25, -0.2) is 0 Å². The Labute approximate surface area is 128 Å². The fourth-order valence-corrected chi connectivity index (χ4v) is 3.44. The maximum Gasteiger partial charge on any atom is 0.0342 e. The van der Waals surface area contributed by atoms with Gasteiger partial charge in [0.15, 0.2) is 0 Å². The van der Waals surface area contributed by atoms with Gasteiger partial charge < -0.3 is 16.5 Å². The number of nitrogens with one attached hydrogen (secondary N) is 2. The van der Waals surface area contributed by atoms with Gasteiger partial charge in [-0.15, -0.1) is 0 Å². The molecule has 3 unspecified atom stereocenters. The SMILES string of the molecule is CC1CCCCC1C(C)Nc1ccc(/C(C=N)=C/N)cc1. The van der Waals surface area contributed by atoms with Crippen molar-refractivity contribution in [2.75, 3.05) is 5.32 Å². The second-order valence-electron chi connectivity index (χ2n) is 6.20. The summed E-state index contributed by atoms with van der Waals surface area (Å²) in [5.74, 6) is 1.57. The third-order valence-corrected chi connectivity index (χ3v) is 4.77. The topological polar surface area (TPSA) is 61.9 Å². The van der Waals surface area contributed by atoms with E-state index in [9.17, 15) is 0 Å². The average Bonchev–Trinajstić information content (AvgIpc) is 2.50. The van der Waals surface area contributed by atoms with Crippen molar-refractivity contribution >= 4 is 17.5 Å². The fraction of sp³-hybridized carbons (Fsp3) is 0.500. The van der Waals surface area contributed by atoms with Gasteiger partial charge in [-0.05, 0) is 42.9 Å². The monoisotopic (exact) mass is 285 g/mol. The molecule has 0 radical (unpaired) electrons. The molecule has 0 aromatic heterocycles. The van der Waals surface area contributed by atoms with E-state index in [0.29, 0.717) is 6.04 Å². The van der Waals surface area contributed by atoms with Crippen molar-refractivity contribution in [2.24, 2.45) is 17.6 Å². The molecule has 1 aromatic carbocycles. The highest BCUT2D eigenvalue weighted by atomic mass is 14.9. The normalized spacial score (nSPS) is 24.4. The fourth-order valence-electron chi connectivity index (χ4n) is 3.44. The molecular weight excluding hydrogens is 258 g/mol. The summed E-state index contributed by atoms with van der Waals surface area (Å²) in [7, 11) is 0. The maximum absolute atomic E-state index is 7.33. The van der Waals surface area contributed by atoms with Crippen LogP contribution in [-0.2, 0) is 0 Å². The second-order valence-corrected chi connectivity index (χ2v) is 6.20. The summed E-state index contributed by atoms with van der Waals surface area (Å²) in [4.78, 5) is 0. The lowest BCUT2D eigenvalue weighted by atomic mass is 9.76. The van der Waals surface area contributed by atoms with Gasteiger partial charge in [-0.1, -0.05) is 38.3 Å². The standard InChI is InChI=1S/C18H27N3/c1-13-5-3-4-6-18(13)14(2)21-17-9-7-15(8-10-17)16(11-19)12-20/h7-14,18-19,21H,3-6,20H2,1-2H3/b16-12+,19-11?. The maximum atomic E-state index is 7.33. The van der Waals surface area contributed by atoms with Crippen LogP contribution in [0.1, 0.15) is 45.1 Å². The third kappa shape index (κ3) is 3.87. The Kier molecular flexibility index (Phi) is 5.43. The van der Waals surface area contributed by atoms with Crippen LogP contribution < -0.4 is 11.1 Å². The third-order valence-electron chi connectivity index (χ3n) is 4.77. The van der Waals surface area contributed by atoms with Gasteiger partial charge in [0, 0.05) is 29.7 Å². The van der Waals surface area contributed by atoms with Gasteiger partial charge in [-0.3, -0.25) is 0 Å². The molecule has 1 aliphatic rings. The molecule has 3 heteroatoms. The molecule has 114 valence electrons. The first-order chi connectivity index (χ1) is 10.2. The molecule has 0 spiro atoms. The zero-order chi connectivity index (χ0) is 15.2. The van der Waals surface area contributed by atoms with E-state index in [1.807, 2.05) is 12.1 Å². The molecule has 1 aromatic rings. The van der Waals surface area contributed by atoms with E-state index < -0.39 is 0 Å². The second kappa shape index (κ2) is 7.30. The van der Waals surface area contributed by atoms with Crippen LogP contribution in [0.15, 0.2) is 30.5 Å². The van der Waals surface area contributed by atoms with Crippen LogP contribution in [0.3, 0.4) is 0 Å². The van der Waals surface area contributed by atoms with Crippen LogP contribution in [0.5, 0.6) is 0 Å². The Hall–Kier alpha value is -1.77. The summed E-state index contributed by atoms with van der Waals surface area (Å²) < 4.78 is 0. The zero-order valence-corrected chi connectivity index (χ0v) is 13.1. The molecule has 21 heavy (non-hydrogen) atoms. The van der Waals surface area contributed by atoms with E-state index in [0.717, 1.165) is 28.7 Å². The van der Waals surface area contributed by atoms with Crippen LogP contribution in [0.25, 0.3) is 5.57 Å². The molecule has 0 amide bonds. The summed E-state index contributed by atoms with van der Waals surface area (Å²) in [6.45, 7) is 4.68. The van der Waals surface area contributed by atoms with Crippen molar-refractivity contribution in [3.63, 3.8) is 0 Å². The summed E-state index contributed by atoms with van der Waals surface area (Å²) in [5, 5.41) is 11.0. The van der Waals surface area contributed by atoms with Crippen LogP contribution >= 0.6 is 0 Å². The van der Waals surface area contributed by atoms with E-state index in [-0.39, 0.29) is 0 Å². The van der Waals surface area contributed by atoms with Crippen molar-refractivity contribution in [3.8, 4) is 0 Å². The van der Waals surface area contributed by atoms with E-state index in [4.69, 9.17) is 11.1 Å². The van der Waals surface area contributed by atoms with E-state index in [2.05, 4.69) is 31.3 Å². The minimum atomic E-state index is 0.499. The van der Waals surface area contributed by atoms with Gasteiger partial charge in [0.25, 0.3) is 0 Å². The lowest BCUT2D eigenvalue weighted by Crippen LogP contribution is -2.32. The van der Waals surface area contributed by atoms with Crippen molar-refractivity contribution in [2.45, 2.75) is 45.6 Å². The molecular formula is C18H27N3. The summed E-state index contributed by atoms with van der Waals surface area (Å²) >= 11 is 0. The van der Waals surface area contributed by atoms with E-state index in [1.165, 1.54) is 38.1 Å². The van der Waals surface area contributed by atoms with Gasteiger partial charge >= 0.3 is 0 Å². The summed E-state index contributed by atoms with van der Waals surface area (Å²) in [6.07, 6.45) is 8.21. The average molecular weight is 285 g/mol. The molecule has 1 aliphatic carbocycles. The quantitative estimate of drug-likeness (QED) is 0.708. The van der Waals surface area contributed by atoms with E-state index >= 15 is 0 Å². The van der Waals surface area contributed by atoms with Crippen LogP contribution in [0, 0.1) is 17.2 Å². The largest absolute Gasteiger partial charge is 0.404 e. The summed E-state index contributed by atoms with van der Waals surface area (Å²) in [6, 6.07) is 8.68. The number of hydrogen-bond donors (Lipinski definition) is 3. The van der Waals surface area contributed by atoms with Crippen molar-refractivity contribution in [1.29, 1.82) is 5.41 Å². The van der Waals surface area contributed by atoms with Gasteiger partial charge in [0.05, 0.1) is 0 Å². The first kappa shape index (κ1) is 15.6. The van der Waals surface area contributed by atoms with Gasteiger partial charge in [-0.2, -0.15) is 0 Å². The molecule has 1 fully saturated rings. The molecule has 4 N–H and O–H groups in total. The number of anilines is 1. The van der Waals surface area contributed by atoms with Crippen molar-refractivity contribution < 1.29 is 0 Å². The molecule has 0 bridgehead atoms. The summed E-state index contributed by atoms with van der Waals surface area (Å²) in [5.41, 5.74) is 8.39. The van der Waals surface area contributed by atoms with E-state index in [1.54, 1.807) is 0 Å². The number of hydrogen-bond acceptors (Lipinski definition) is 3. The molecule has 2 rings (SSSR count). The minimum Gasteiger partial charge on any atom is -0.404 e.